The quantitative estimate of drug-likeness (QED) is 0.0244. The normalized spacial score (nSPS) is 13.6. The monoisotopic (exact) mass is 978 g/mol. The first kappa shape index (κ1) is 67.3. The van der Waals surface area contributed by atoms with E-state index < -0.39 is 18.2 Å². The molecule has 3 unspecified atom stereocenters. The van der Waals surface area contributed by atoms with Crippen molar-refractivity contribution >= 4 is 11.9 Å². The highest BCUT2D eigenvalue weighted by Gasteiger charge is 2.24. The van der Waals surface area contributed by atoms with E-state index in [0.717, 1.165) is 96.3 Å². The minimum Gasteiger partial charge on any atom is -0.462 e. The van der Waals surface area contributed by atoms with E-state index in [2.05, 4.69) is 74.7 Å². The number of amides is 1. The number of nitrogens with one attached hydrogen (secondary N) is 1. The van der Waals surface area contributed by atoms with Gasteiger partial charge in [0.25, 0.3) is 0 Å². The van der Waals surface area contributed by atoms with E-state index >= 15 is 0 Å². The van der Waals surface area contributed by atoms with E-state index in [1.165, 1.54) is 154 Å². The van der Waals surface area contributed by atoms with Crippen molar-refractivity contribution in [1.82, 2.24) is 5.32 Å². The summed E-state index contributed by atoms with van der Waals surface area (Å²) >= 11 is 0. The maximum atomic E-state index is 13.3. The number of ether oxygens (including phenoxy) is 1. The molecule has 1 amide bonds. The van der Waals surface area contributed by atoms with Crippen molar-refractivity contribution in [3.05, 3.63) is 72.9 Å². The van der Waals surface area contributed by atoms with E-state index in [1.807, 2.05) is 24.3 Å². The fourth-order valence-electron chi connectivity index (χ4n) is 9.05. The lowest BCUT2D eigenvalue weighted by Crippen LogP contribution is -2.46. The second-order valence-electron chi connectivity index (χ2n) is 20.5. The number of rotatable bonds is 54. The van der Waals surface area contributed by atoms with Crippen molar-refractivity contribution < 1.29 is 24.5 Å². The number of hydrogen-bond acceptors (Lipinski definition) is 5. The molecule has 0 radical (unpaired) electrons. The summed E-state index contributed by atoms with van der Waals surface area (Å²) in [5, 5.41) is 23.9. The van der Waals surface area contributed by atoms with Gasteiger partial charge in [-0.3, -0.25) is 9.59 Å². The highest BCUT2D eigenvalue weighted by molar-refractivity contribution is 5.77. The summed E-state index contributed by atoms with van der Waals surface area (Å²) in [5.41, 5.74) is 0. The average Bonchev–Trinajstić information content (AvgIpc) is 3.35. The van der Waals surface area contributed by atoms with Crippen LogP contribution < -0.4 is 5.32 Å². The van der Waals surface area contributed by atoms with Gasteiger partial charge in [-0.05, 0) is 70.6 Å². The Hall–Kier alpha value is -2.70. The third kappa shape index (κ3) is 51.6. The Bertz CT molecular complexity index is 1280. The standard InChI is InChI=1S/C64H115NO5/c1-4-7-10-13-16-19-22-25-28-31-33-36-39-42-45-48-51-54-57-64(69)70-60(55-52-49-46-43-40-37-34-30-27-24-21-18-15-12-9-6-3)58-63(68)65-61(59-66)62(67)56-53-50-47-44-41-38-35-32-29-26-23-20-17-14-11-8-5-2/h10,13,16,19,22,25,28,31,33,36-37,40,60-62,66-67H,4-9,11-12,14-15,17-18,20-21,23-24,26-27,29-30,32,34-35,38-39,41-59H2,1-3H3,(H,65,68)/b13-10+,19-16+,25-22+,31-28+,36-33+,40-37+. The van der Waals surface area contributed by atoms with Crippen LogP contribution in [0, 0.1) is 0 Å². The Morgan fingerprint density at radius 2 is 0.771 bits per heavy atom. The molecule has 0 aliphatic heterocycles. The Labute approximate surface area is 434 Å². The molecule has 70 heavy (non-hydrogen) atoms. The zero-order valence-electron chi connectivity index (χ0n) is 46.4. The third-order valence-corrected chi connectivity index (χ3v) is 13.6. The first-order chi connectivity index (χ1) is 34.5. The molecular formula is C64H115NO5. The molecule has 406 valence electrons. The van der Waals surface area contributed by atoms with Gasteiger partial charge in [-0.2, -0.15) is 0 Å². The molecule has 3 N–H and O–H groups in total. The summed E-state index contributed by atoms with van der Waals surface area (Å²) < 4.78 is 5.96. The molecule has 0 heterocycles. The number of aliphatic hydroxyl groups is 2. The van der Waals surface area contributed by atoms with Crippen LogP contribution in [0.1, 0.15) is 297 Å². The third-order valence-electron chi connectivity index (χ3n) is 13.6. The van der Waals surface area contributed by atoms with Crippen LogP contribution in [-0.2, 0) is 14.3 Å². The molecule has 0 fully saturated rings. The molecular weight excluding hydrogens is 863 g/mol. The molecule has 0 aromatic rings. The van der Waals surface area contributed by atoms with Gasteiger partial charge in [0, 0.05) is 6.42 Å². The van der Waals surface area contributed by atoms with Crippen LogP contribution in [0.4, 0.5) is 0 Å². The number of esters is 1. The fraction of sp³-hybridized carbons (Fsp3) is 0.781. The molecule has 0 aliphatic rings. The van der Waals surface area contributed by atoms with Crippen molar-refractivity contribution in [2.45, 2.75) is 315 Å². The summed E-state index contributed by atoms with van der Waals surface area (Å²) in [5.74, 6) is -0.510. The molecule has 6 heteroatoms. The molecule has 0 spiro atoms. The molecule has 6 nitrogen and oxygen atoms in total. The predicted octanol–water partition coefficient (Wildman–Crippen LogP) is 18.9. The topological polar surface area (TPSA) is 95.9 Å². The summed E-state index contributed by atoms with van der Waals surface area (Å²) in [7, 11) is 0. The summed E-state index contributed by atoms with van der Waals surface area (Å²) in [6, 6.07) is -0.716. The van der Waals surface area contributed by atoms with Crippen molar-refractivity contribution in [1.29, 1.82) is 0 Å². The smallest absolute Gasteiger partial charge is 0.306 e. The van der Waals surface area contributed by atoms with Gasteiger partial charge < -0.3 is 20.3 Å². The van der Waals surface area contributed by atoms with E-state index in [-0.39, 0.29) is 24.9 Å². The number of allylic oxidation sites excluding steroid dienone is 12. The molecule has 3 atom stereocenters. The highest BCUT2D eigenvalue weighted by atomic mass is 16.5. The lowest BCUT2D eigenvalue weighted by molar-refractivity contribution is -0.151. The predicted molar refractivity (Wildman–Crippen MR) is 305 cm³/mol. The number of carbonyl (C=O) groups is 2. The second-order valence-corrected chi connectivity index (χ2v) is 20.5. The van der Waals surface area contributed by atoms with Gasteiger partial charge in [0.05, 0.1) is 25.2 Å². The van der Waals surface area contributed by atoms with Gasteiger partial charge >= 0.3 is 5.97 Å². The Balaban J connectivity index is 4.61. The fourth-order valence-corrected chi connectivity index (χ4v) is 9.05. The van der Waals surface area contributed by atoms with Gasteiger partial charge in [-0.1, -0.05) is 286 Å². The van der Waals surface area contributed by atoms with Gasteiger partial charge in [-0.25, -0.2) is 0 Å². The van der Waals surface area contributed by atoms with E-state index in [0.29, 0.717) is 19.3 Å². The maximum absolute atomic E-state index is 13.3. The highest BCUT2D eigenvalue weighted by Crippen LogP contribution is 2.18. The first-order valence-corrected chi connectivity index (χ1v) is 30.2. The number of unbranched alkanes of at least 4 members (excludes halogenated alkanes) is 34. The minimum absolute atomic E-state index is 0.0551. The molecule has 0 bridgehead atoms. The van der Waals surface area contributed by atoms with Gasteiger partial charge in [0.1, 0.15) is 6.10 Å². The maximum Gasteiger partial charge on any atom is 0.306 e. The van der Waals surface area contributed by atoms with Gasteiger partial charge in [0.15, 0.2) is 0 Å². The Kier molecular flexibility index (Phi) is 55.0. The van der Waals surface area contributed by atoms with Crippen molar-refractivity contribution in [2.24, 2.45) is 0 Å². The van der Waals surface area contributed by atoms with Crippen molar-refractivity contribution in [2.75, 3.05) is 6.61 Å². The van der Waals surface area contributed by atoms with Crippen LogP contribution >= 0.6 is 0 Å². The molecule has 0 aromatic carbocycles. The Morgan fingerprint density at radius 3 is 1.21 bits per heavy atom. The van der Waals surface area contributed by atoms with Crippen molar-refractivity contribution in [3.63, 3.8) is 0 Å². The van der Waals surface area contributed by atoms with Gasteiger partial charge in [0.2, 0.25) is 5.91 Å². The van der Waals surface area contributed by atoms with Crippen LogP contribution in [0.5, 0.6) is 0 Å². The zero-order valence-corrected chi connectivity index (χ0v) is 46.4. The molecule has 0 rings (SSSR count). The number of hydrogen-bond donors (Lipinski definition) is 3. The van der Waals surface area contributed by atoms with Gasteiger partial charge in [-0.15, -0.1) is 0 Å². The lowest BCUT2D eigenvalue weighted by atomic mass is 10.0. The molecule has 0 aromatic heterocycles. The molecule has 0 aliphatic carbocycles. The van der Waals surface area contributed by atoms with Crippen LogP contribution in [0.2, 0.25) is 0 Å². The second kappa shape index (κ2) is 57.2. The Morgan fingerprint density at radius 1 is 0.414 bits per heavy atom. The number of carbonyl (C=O) groups excluding carboxylic acids is 2. The van der Waals surface area contributed by atoms with Crippen molar-refractivity contribution in [3.8, 4) is 0 Å². The largest absolute Gasteiger partial charge is 0.462 e. The van der Waals surface area contributed by atoms with E-state index in [1.54, 1.807) is 0 Å². The lowest BCUT2D eigenvalue weighted by Gasteiger charge is -2.24. The van der Waals surface area contributed by atoms with E-state index in [9.17, 15) is 19.8 Å². The SMILES string of the molecule is CCC/C=C/C=C/C=C/C=C/C=C/CCCCCCCC(=O)OC(CCCCC/C=C/CCCCCCCCCCC)CC(=O)NC(CO)C(O)CCCCCCCCCCCCCCCCCCC. The van der Waals surface area contributed by atoms with Crippen LogP contribution in [0.15, 0.2) is 72.9 Å². The number of aliphatic hydroxyl groups excluding tert-OH is 2. The average molecular weight is 979 g/mol. The molecule has 0 saturated carbocycles. The summed E-state index contributed by atoms with van der Waals surface area (Å²) in [6.07, 6.45) is 73.9. The van der Waals surface area contributed by atoms with E-state index in [4.69, 9.17) is 4.74 Å². The minimum atomic E-state index is -0.800. The zero-order chi connectivity index (χ0) is 50.9. The summed E-state index contributed by atoms with van der Waals surface area (Å²) in [4.78, 5) is 26.3. The first-order valence-electron chi connectivity index (χ1n) is 30.2. The van der Waals surface area contributed by atoms with Crippen LogP contribution in [-0.4, -0.2) is 46.9 Å². The van der Waals surface area contributed by atoms with Crippen LogP contribution in [0.3, 0.4) is 0 Å². The molecule has 0 saturated heterocycles. The summed E-state index contributed by atoms with van der Waals surface area (Å²) in [6.45, 7) is 6.42. The van der Waals surface area contributed by atoms with Crippen LogP contribution in [0.25, 0.3) is 0 Å².